The summed E-state index contributed by atoms with van der Waals surface area (Å²) in [5.41, 5.74) is 5.33. The van der Waals surface area contributed by atoms with Crippen LogP contribution in [0.4, 0.5) is 5.69 Å². The highest BCUT2D eigenvalue weighted by molar-refractivity contribution is 6.44. The van der Waals surface area contributed by atoms with Crippen molar-refractivity contribution in [2.24, 2.45) is 0 Å². The molecule has 3 aliphatic rings. The van der Waals surface area contributed by atoms with Gasteiger partial charge in [0.05, 0.1) is 6.54 Å². The Bertz CT molecular complexity index is 1070. The third-order valence-corrected chi connectivity index (χ3v) is 7.75. The minimum absolute atomic E-state index is 0.0124. The molecule has 2 saturated heterocycles. The predicted octanol–water partition coefficient (Wildman–Crippen LogP) is 1.69. The minimum atomic E-state index is -0.330. The highest BCUT2D eigenvalue weighted by atomic mass is 16.2. The number of hydrogen-bond acceptors (Lipinski definition) is 6. The summed E-state index contributed by atoms with van der Waals surface area (Å²) in [5.74, 6) is -0.267. The molecule has 0 atom stereocenters. The van der Waals surface area contributed by atoms with Gasteiger partial charge in [-0.25, -0.2) is 0 Å². The number of likely N-dealkylation sites (N-methyl/N-ethyl adjacent to an activating group) is 1. The van der Waals surface area contributed by atoms with Crippen molar-refractivity contribution in [2.75, 3.05) is 64.3 Å². The van der Waals surface area contributed by atoms with Gasteiger partial charge in [0.15, 0.2) is 0 Å². The Morgan fingerprint density at radius 3 is 2.42 bits per heavy atom. The third-order valence-electron chi connectivity index (χ3n) is 7.75. The van der Waals surface area contributed by atoms with E-state index < -0.39 is 0 Å². The van der Waals surface area contributed by atoms with Crippen molar-refractivity contribution in [2.45, 2.75) is 39.5 Å². The molecule has 194 valence electrons. The molecule has 2 aliphatic heterocycles. The molecule has 0 unspecified atom stereocenters. The molecule has 9 nitrogen and oxygen atoms in total. The summed E-state index contributed by atoms with van der Waals surface area (Å²) < 4.78 is 0. The molecule has 4 rings (SSSR count). The number of hydrogen-bond donors (Lipinski definition) is 2. The van der Waals surface area contributed by atoms with Crippen LogP contribution in [0.15, 0.2) is 29.5 Å². The van der Waals surface area contributed by atoms with Crippen LogP contribution in [0.25, 0.3) is 0 Å². The maximum Gasteiger partial charge on any atom is 0.272 e. The van der Waals surface area contributed by atoms with Gasteiger partial charge in [0.25, 0.3) is 5.91 Å². The second-order valence-electron chi connectivity index (χ2n) is 9.98. The van der Waals surface area contributed by atoms with E-state index in [2.05, 4.69) is 42.3 Å². The second-order valence-corrected chi connectivity index (χ2v) is 9.98. The lowest BCUT2D eigenvalue weighted by Gasteiger charge is -2.37. The summed E-state index contributed by atoms with van der Waals surface area (Å²) >= 11 is 0. The van der Waals surface area contributed by atoms with Gasteiger partial charge in [0.1, 0.15) is 5.71 Å². The lowest BCUT2D eigenvalue weighted by atomic mass is 10.1. The SMILES string of the molecule is Cc1cccc(N2CCN(C(=O)CNC3=C(C(=N)C(=O)N4CCC(=O)N(C)CC4)CCC3)CC2)c1C. The van der Waals surface area contributed by atoms with Crippen molar-refractivity contribution in [1.82, 2.24) is 20.0 Å². The van der Waals surface area contributed by atoms with Crippen LogP contribution < -0.4 is 10.2 Å². The molecule has 0 bridgehead atoms. The van der Waals surface area contributed by atoms with Gasteiger partial charge >= 0.3 is 0 Å². The number of aryl methyl sites for hydroxylation is 1. The van der Waals surface area contributed by atoms with E-state index in [-0.39, 0.29) is 36.4 Å². The quantitative estimate of drug-likeness (QED) is 0.587. The molecule has 0 aromatic heterocycles. The summed E-state index contributed by atoms with van der Waals surface area (Å²) in [5, 5.41) is 11.8. The summed E-state index contributed by atoms with van der Waals surface area (Å²) in [6.45, 7) is 8.65. The molecular weight excluding hydrogens is 456 g/mol. The molecule has 2 fully saturated rings. The largest absolute Gasteiger partial charge is 0.379 e. The number of allylic oxidation sites excluding steroid dienone is 1. The first kappa shape index (κ1) is 25.7. The maximum atomic E-state index is 13.0. The number of anilines is 1. The van der Waals surface area contributed by atoms with Gasteiger partial charge in [-0.2, -0.15) is 0 Å². The van der Waals surface area contributed by atoms with Gasteiger partial charge in [-0.15, -0.1) is 0 Å². The molecular formula is C27H38N6O3. The van der Waals surface area contributed by atoms with E-state index in [1.807, 2.05) is 4.90 Å². The Kier molecular flexibility index (Phi) is 7.96. The summed E-state index contributed by atoms with van der Waals surface area (Å²) in [4.78, 5) is 45.3. The molecule has 36 heavy (non-hydrogen) atoms. The number of nitrogens with zero attached hydrogens (tertiary/aromatic N) is 4. The highest BCUT2D eigenvalue weighted by Crippen LogP contribution is 2.26. The van der Waals surface area contributed by atoms with Crippen LogP contribution in [-0.2, 0) is 14.4 Å². The van der Waals surface area contributed by atoms with Crippen molar-refractivity contribution in [1.29, 1.82) is 5.41 Å². The number of nitrogens with one attached hydrogen (secondary N) is 2. The number of amides is 3. The van der Waals surface area contributed by atoms with E-state index in [4.69, 9.17) is 5.41 Å². The van der Waals surface area contributed by atoms with Crippen molar-refractivity contribution in [3.8, 4) is 0 Å². The van der Waals surface area contributed by atoms with Gasteiger partial charge in [-0.3, -0.25) is 19.8 Å². The van der Waals surface area contributed by atoms with Crippen LogP contribution in [-0.4, -0.2) is 97.5 Å². The Labute approximate surface area is 213 Å². The molecule has 1 aliphatic carbocycles. The number of piperazine rings is 1. The van der Waals surface area contributed by atoms with Gasteiger partial charge in [0.2, 0.25) is 11.8 Å². The fourth-order valence-corrected chi connectivity index (χ4v) is 5.20. The molecule has 2 heterocycles. The summed E-state index contributed by atoms with van der Waals surface area (Å²) in [6.07, 6.45) is 2.53. The van der Waals surface area contributed by atoms with Crippen LogP contribution in [0.1, 0.15) is 36.8 Å². The predicted molar refractivity (Wildman–Crippen MR) is 140 cm³/mol. The molecule has 2 N–H and O–H groups in total. The number of rotatable bonds is 6. The zero-order chi connectivity index (χ0) is 25.8. The Hall–Kier alpha value is -3.36. The smallest absolute Gasteiger partial charge is 0.272 e. The van der Waals surface area contributed by atoms with Crippen LogP contribution in [0.2, 0.25) is 0 Å². The van der Waals surface area contributed by atoms with E-state index >= 15 is 0 Å². The Morgan fingerprint density at radius 1 is 0.944 bits per heavy atom. The molecule has 1 aromatic rings. The molecule has 3 amide bonds. The average Bonchev–Trinajstić information content (AvgIpc) is 3.29. The van der Waals surface area contributed by atoms with Crippen molar-refractivity contribution >= 4 is 29.1 Å². The van der Waals surface area contributed by atoms with E-state index in [1.54, 1.807) is 16.8 Å². The van der Waals surface area contributed by atoms with Crippen molar-refractivity contribution < 1.29 is 14.4 Å². The van der Waals surface area contributed by atoms with Gasteiger partial charge in [-0.05, 0) is 50.3 Å². The van der Waals surface area contributed by atoms with E-state index in [9.17, 15) is 14.4 Å². The van der Waals surface area contributed by atoms with E-state index in [0.29, 0.717) is 44.7 Å². The second kappa shape index (κ2) is 11.1. The number of carbonyl (C=O) groups is 3. The summed E-state index contributed by atoms with van der Waals surface area (Å²) in [7, 11) is 1.74. The van der Waals surface area contributed by atoms with Gasteiger partial charge in [0, 0.05) is 76.2 Å². The van der Waals surface area contributed by atoms with Gasteiger partial charge in [-0.1, -0.05) is 12.1 Å². The monoisotopic (exact) mass is 494 g/mol. The Morgan fingerprint density at radius 2 is 1.67 bits per heavy atom. The maximum absolute atomic E-state index is 13.0. The fraction of sp³-hybridized carbons (Fsp3) is 0.556. The minimum Gasteiger partial charge on any atom is -0.379 e. The first-order valence-corrected chi connectivity index (χ1v) is 12.9. The lowest BCUT2D eigenvalue weighted by Crippen LogP contribution is -2.51. The average molecular weight is 495 g/mol. The highest BCUT2D eigenvalue weighted by Gasteiger charge is 2.29. The number of carbonyl (C=O) groups excluding carboxylic acids is 3. The topological polar surface area (TPSA) is 100 Å². The lowest BCUT2D eigenvalue weighted by molar-refractivity contribution is -0.130. The van der Waals surface area contributed by atoms with Crippen LogP contribution in [0.3, 0.4) is 0 Å². The first-order valence-electron chi connectivity index (χ1n) is 12.9. The molecule has 0 spiro atoms. The molecule has 9 heteroatoms. The zero-order valence-corrected chi connectivity index (χ0v) is 21.7. The first-order chi connectivity index (χ1) is 17.3. The van der Waals surface area contributed by atoms with E-state index in [1.165, 1.54) is 16.8 Å². The summed E-state index contributed by atoms with van der Waals surface area (Å²) in [6, 6.07) is 6.35. The zero-order valence-electron chi connectivity index (χ0n) is 21.7. The van der Waals surface area contributed by atoms with Crippen LogP contribution >= 0.6 is 0 Å². The number of benzene rings is 1. The standard InChI is InChI=1S/C27H38N6O3/c1-19-6-4-9-23(20(19)2)31-14-16-32(17-15-31)25(35)18-29-22-8-5-7-21(22)26(28)27(36)33-11-10-24(34)30(3)12-13-33/h4,6,9,28-29H,5,7-8,10-18H2,1-3H3. The normalized spacial score (nSPS) is 19.0. The van der Waals surface area contributed by atoms with Gasteiger partial charge < -0.3 is 24.9 Å². The molecule has 1 aromatic carbocycles. The Balaban J connectivity index is 1.31. The molecule has 0 radical (unpaired) electrons. The van der Waals surface area contributed by atoms with Crippen LogP contribution in [0.5, 0.6) is 0 Å². The fourth-order valence-electron chi connectivity index (χ4n) is 5.20. The van der Waals surface area contributed by atoms with E-state index in [0.717, 1.165) is 31.6 Å². The van der Waals surface area contributed by atoms with Crippen molar-refractivity contribution in [3.05, 3.63) is 40.6 Å². The molecule has 0 saturated carbocycles. The van der Waals surface area contributed by atoms with Crippen LogP contribution in [0, 0.1) is 19.3 Å². The van der Waals surface area contributed by atoms with Crippen molar-refractivity contribution in [3.63, 3.8) is 0 Å². The third kappa shape index (κ3) is 5.55.